The van der Waals surface area contributed by atoms with E-state index in [1.807, 2.05) is 0 Å². The number of nitrogens with zero attached hydrogens (tertiary/aromatic N) is 3. The molecule has 7 heteroatoms. The number of halogens is 3. The molecule has 1 unspecified atom stereocenters. The predicted octanol–water partition coefficient (Wildman–Crippen LogP) is 2.97. The Labute approximate surface area is 113 Å². The molecule has 0 aliphatic rings. The summed E-state index contributed by atoms with van der Waals surface area (Å²) in [5.74, 6) is 0. The molecule has 2 aromatic rings. The highest BCUT2D eigenvalue weighted by Gasteiger charge is 2.16. The van der Waals surface area contributed by atoms with Crippen molar-refractivity contribution in [1.29, 1.82) is 0 Å². The van der Waals surface area contributed by atoms with Crippen LogP contribution in [-0.2, 0) is 6.54 Å². The molecule has 0 saturated carbocycles. The summed E-state index contributed by atoms with van der Waals surface area (Å²) < 4.78 is 1.50. The van der Waals surface area contributed by atoms with Crippen LogP contribution in [0.3, 0.4) is 0 Å². The highest BCUT2D eigenvalue weighted by atomic mass is 35.5. The Balaban J connectivity index is 2.25. The van der Waals surface area contributed by atoms with Gasteiger partial charge < -0.3 is 5.11 Å². The zero-order valence-corrected chi connectivity index (χ0v) is 10.8. The van der Waals surface area contributed by atoms with Crippen LogP contribution in [0, 0.1) is 0 Å². The van der Waals surface area contributed by atoms with E-state index >= 15 is 0 Å². The van der Waals surface area contributed by atoms with Crippen LogP contribution in [0.15, 0.2) is 24.8 Å². The Hall–Kier alpha value is -0.810. The van der Waals surface area contributed by atoms with Gasteiger partial charge in [-0.2, -0.15) is 5.10 Å². The smallest absolute Gasteiger partial charge is 0.137 e. The standard InChI is InChI=1S/C10H8Cl3N3O/c11-7-2-1-6(9(12)10(7)13)8(17)3-16-5-14-4-15-16/h1-2,4-5,8,17H,3H2. The van der Waals surface area contributed by atoms with Crippen molar-refractivity contribution in [3.8, 4) is 0 Å². The molecule has 0 fully saturated rings. The third-order valence-electron chi connectivity index (χ3n) is 2.25. The molecule has 0 bridgehead atoms. The first-order valence-electron chi connectivity index (χ1n) is 4.73. The minimum atomic E-state index is -0.820. The molecular weight excluding hydrogens is 284 g/mol. The number of benzene rings is 1. The molecule has 0 spiro atoms. The van der Waals surface area contributed by atoms with Crippen molar-refractivity contribution >= 4 is 34.8 Å². The second-order valence-corrected chi connectivity index (χ2v) is 4.56. The predicted molar refractivity (Wildman–Crippen MR) is 66.5 cm³/mol. The normalized spacial score (nSPS) is 12.7. The van der Waals surface area contributed by atoms with Crippen LogP contribution in [0.4, 0.5) is 0 Å². The van der Waals surface area contributed by atoms with Crippen LogP contribution in [-0.4, -0.2) is 19.9 Å². The average Bonchev–Trinajstić information content (AvgIpc) is 2.78. The molecule has 1 aromatic carbocycles. The zero-order chi connectivity index (χ0) is 12.4. The Kier molecular flexibility index (Phi) is 3.89. The van der Waals surface area contributed by atoms with Gasteiger partial charge in [-0.25, -0.2) is 4.98 Å². The molecule has 0 aliphatic carbocycles. The van der Waals surface area contributed by atoms with Gasteiger partial charge >= 0.3 is 0 Å². The monoisotopic (exact) mass is 291 g/mol. The fourth-order valence-electron chi connectivity index (χ4n) is 1.40. The Morgan fingerprint density at radius 2 is 2.00 bits per heavy atom. The van der Waals surface area contributed by atoms with Gasteiger partial charge in [-0.1, -0.05) is 40.9 Å². The highest BCUT2D eigenvalue weighted by molar-refractivity contribution is 6.48. The van der Waals surface area contributed by atoms with Crippen LogP contribution >= 0.6 is 34.8 Å². The quantitative estimate of drug-likeness (QED) is 0.885. The number of aliphatic hydroxyl groups is 1. The molecule has 0 saturated heterocycles. The molecule has 0 radical (unpaired) electrons. The van der Waals surface area contributed by atoms with Gasteiger partial charge in [0.25, 0.3) is 0 Å². The molecule has 4 nitrogen and oxygen atoms in total. The Bertz CT molecular complexity index is 516. The number of rotatable bonds is 3. The van der Waals surface area contributed by atoms with Gasteiger partial charge in [0, 0.05) is 5.56 Å². The molecule has 0 amide bonds. The van der Waals surface area contributed by atoms with E-state index in [-0.39, 0.29) is 16.6 Å². The molecule has 1 heterocycles. The van der Waals surface area contributed by atoms with E-state index in [0.717, 1.165) is 0 Å². The van der Waals surface area contributed by atoms with Gasteiger partial charge in [0.15, 0.2) is 0 Å². The van der Waals surface area contributed by atoms with Crippen LogP contribution in [0.5, 0.6) is 0 Å². The summed E-state index contributed by atoms with van der Waals surface area (Å²) in [7, 11) is 0. The lowest BCUT2D eigenvalue weighted by Crippen LogP contribution is -2.09. The SMILES string of the molecule is OC(Cn1cncn1)c1ccc(Cl)c(Cl)c1Cl. The van der Waals surface area contributed by atoms with Crippen LogP contribution in [0.1, 0.15) is 11.7 Å². The lowest BCUT2D eigenvalue weighted by molar-refractivity contribution is 0.151. The number of hydrogen-bond acceptors (Lipinski definition) is 3. The lowest BCUT2D eigenvalue weighted by atomic mass is 10.1. The first-order valence-corrected chi connectivity index (χ1v) is 5.87. The molecule has 90 valence electrons. The third-order valence-corrected chi connectivity index (χ3v) is 3.56. The summed E-state index contributed by atoms with van der Waals surface area (Å²) >= 11 is 17.7. The molecular formula is C10H8Cl3N3O. The summed E-state index contributed by atoms with van der Waals surface area (Å²) in [6.45, 7) is 0.248. The van der Waals surface area contributed by atoms with E-state index in [2.05, 4.69) is 10.1 Å². The minimum Gasteiger partial charge on any atom is -0.386 e. The van der Waals surface area contributed by atoms with Gasteiger partial charge in [-0.3, -0.25) is 4.68 Å². The second kappa shape index (κ2) is 5.23. The summed E-state index contributed by atoms with van der Waals surface area (Å²) in [6, 6.07) is 3.23. The Morgan fingerprint density at radius 3 is 2.65 bits per heavy atom. The zero-order valence-electron chi connectivity index (χ0n) is 8.52. The minimum absolute atomic E-state index is 0.239. The largest absolute Gasteiger partial charge is 0.386 e. The summed E-state index contributed by atoms with van der Waals surface area (Å²) in [4.78, 5) is 3.78. The van der Waals surface area contributed by atoms with Gasteiger partial charge in [-0.15, -0.1) is 0 Å². The van der Waals surface area contributed by atoms with Crippen molar-refractivity contribution in [1.82, 2.24) is 14.8 Å². The van der Waals surface area contributed by atoms with E-state index in [0.29, 0.717) is 10.6 Å². The topological polar surface area (TPSA) is 50.9 Å². The van der Waals surface area contributed by atoms with Gasteiger partial charge in [0.2, 0.25) is 0 Å². The average molecular weight is 293 g/mol. The maximum atomic E-state index is 10.0. The number of aliphatic hydroxyl groups excluding tert-OH is 1. The maximum absolute atomic E-state index is 10.0. The van der Waals surface area contributed by atoms with Crippen molar-refractivity contribution in [2.45, 2.75) is 12.6 Å². The van der Waals surface area contributed by atoms with E-state index in [1.54, 1.807) is 12.1 Å². The van der Waals surface area contributed by atoms with Crippen LogP contribution < -0.4 is 0 Å². The van der Waals surface area contributed by atoms with E-state index in [1.165, 1.54) is 17.3 Å². The second-order valence-electron chi connectivity index (χ2n) is 3.40. The Morgan fingerprint density at radius 1 is 1.24 bits per heavy atom. The molecule has 1 atom stereocenters. The van der Waals surface area contributed by atoms with Crippen molar-refractivity contribution in [2.24, 2.45) is 0 Å². The van der Waals surface area contributed by atoms with Crippen molar-refractivity contribution < 1.29 is 5.11 Å². The molecule has 1 aromatic heterocycles. The van der Waals surface area contributed by atoms with Gasteiger partial charge in [0.1, 0.15) is 18.8 Å². The first-order chi connectivity index (χ1) is 8.09. The van der Waals surface area contributed by atoms with E-state index in [9.17, 15) is 5.11 Å². The summed E-state index contributed by atoms with van der Waals surface area (Å²) in [5.41, 5.74) is 0.511. The maximum Gasteiger partial charge on any atom is 0.137 e. The lowest BCUT2D eigenvalue weighted by Gasteiger charge is -2.13. The molecule has 0 aliphatic heterocycles. The van der Waals surface area contributed by atoms with E-state index < -0.39 is 6.10 Å². The summed E-state index contributed by atoms with van der Waals surface area (Å²) in [5, 5.41) is 14.8. The van der Waals surface area contributed by atoms with Crippen molar-refractivity contribution in [3.63, 3.8) is 0 Å². The van der Waals surface area contributed by atoms with Crippen LogP contribution in [0.25, 0.3) is 0 Å². The summed E-state index contributed by atoms with van der Waals surface area (Å²) in [6.07, 6.45) is 2.08. The number of aromatic nitrogens is 3. The fraction of sp³-hybridized carbons (Fsp3) is 0.200. The molecule has 1 N–H and O–H groups in total. The van der Waals surface area contributed by atoms with Crippen molar-refractivity contribution in [2.75, 3.05) is 0 Å². The van der Waals surface area contributed by atoms with E-state index in [4.69, 9.17) is 34.8 Å². The third kappa shape index (κ3) is 2.72. The fourth-order valence-corrected chi connectivity index (χ4v) is 2.07. The van der Waals surface area contributed by atoms with Gasteiger partial charge in [0.05, 0.1) is 21.6 Å². The number of hydrogen-bond donors (Lipinski definition) is 1. The highest BCUT2D eigenvalue weighted by Crippen LogP contribution is 2.35. The molecule has 2 rings (SSSR count). The van der Waals surface area contributed by atoms with Gasteiger partial charge in [-0.05, 0) is 6.07 Å². The van der Waals surface area contributed by atoms with Crippen LogP contribution in [0.2, 0.25) is 15.1 Å². The molecule has 17 heavy (non-hydrogen) atoms. The van der Waals surface area contributed by atoms with Crippen molar-refractivity contribution in [3.05, 3.63) is 45.4 Å². The first kappa shape index (κ1) is 12.6.